The molecule has 1 aromatic rings. The van der Waals surface area contributed by atoms with Crippen molar-refractivity contribution in [3.63, 3.8) is 0 Å². The molecule has 0 amide bonds. The summed E-state index contributed by atoms with van der Waals surface area (Å²) in [7, 11) is -3.17. The van der Waals surface area contributed by atoms with Crippen molar-refractivity contribution in [2.45, 2.75) is 26.3 Å². The maximum absolute atomic E-state index is 11.6. The van der Waals surface area contributed by atoms with Gasteiger partial charge in [-0.3, -0.25) is 0 Å². The van der Waals surface area contributed by atoms with Gasteiger partial charge in [0.1, 0.15) is 0 Å². The third-order valence-electron chi connectivity index (χ3n) is 2.38. The lowest BCUT2D eigenvalue weighted by atomic mass is 10.1. The van der Waals surface area contributed by atoms with Crippen molar-refractivity contribution >= 4 is 21.6 Å². The summed E-state index contributed by atoms with van der Waals surface area (Å²) < 4.78 is 25.8. The number of unbranched alkanes of at least 4 members (excludes halogenated alkanes) is 1. The Morgan fingerprint density at radius 1 is 1.29 bits per heavy atom. The number of aryl methyl sites for hydroxylation is 1. The molecule has 0 saturated heterocycles. The van der Waals surface area contributed by atoms with Crippen molar-refractivity contribution in [1.82, 2.24) is 4.72 Å². The minimum atomic E-state index is -3.17. The number of benzene rings is 1. The third-order valence-corrected chi connectivity index (χ3v) is 4.05. The summed E-state index contributed by atoms with van der Waals surface area (Å²) >= 11 is 5.51. The molecule has 17 heavy (non-hydrogen) atoms. The van der Waals surface area contributed by atoms with Crippen LogP contribution in [0.5, 0.6) is 0 Å². The van der Waals surface area contributed by atoms with Crippen LogP contribution in [0.25, 0.3) is 0 Å². The van der Waals surface area contributed by atoms with Crippen molar-refractivity contribution in [2.24, 2.45) is 0 Å². The van der Waals surface area contributed by atoms with Gasteiger partial charge in [-0.1, -0.05) is 29.8 Å². The standard InChI is InChI=1S/C12H18ClNO2S/c1-11-5-4-6-12(9-11)10-14-17(15,16)8-3-2-7-13/h4-6,9,14H,2-3,7-8,10H2,1H3. The number of rotatable bonds is 7. The lowest BCUT2D eigenvalue weighted by molar-refractivity contribution is 0.578. The first kappa shape index (κ1) is 14.5. The van der Waals surface area contributed by atoms with Crippen molar-refractivity contribution < 1.29 is 8.42 Å². The number of hydrogen-bond acceptors (Lipinski definition) is 2. The molecule has 0 aromatic heterocycles. The largest absolute Gasteiger partial charge is 0.212 e. The zero-order valence-electron chi connectivity index (χ0n) is 9.95. The molecule has 1 rings (SSSR count). The van der Waals surface area contributed by atoms with Crippen LogP contribution in [0.3, 0.4) is 0 Å². The maximum Gasteiger partial charge on any atom is 0.211 e. The number of alkyl halides is 1. The molecule has 96 valence electrons. The Hall–Kier alpha value is -0.580. The second-order valence-corrected chi connectivity index (χ2v) is 6.33. The highest BCUT2D eigenvalue weighted by Gasteiger charge is 2.09. The van der Waals surface area contributed by atoms with Gasteiger partial charge in [0.25, 0.3) is 0 Å². The van der Waals surface area contributed by atoms with Gasteiger partial charge in [0.05, 0.1) is 5.75 Å². The SMILES string of the molecule is Cc1cccc(CNS(=O)(=O)CCCCCl)c1. The molecule has 5 heteroatoms. The summed E-state index contributed by atoms with van der Waals surface area (Å²) in [6, 6.07) is 7.79. The summed E-state index contributed by atoms with van der Waals surface area (Å²) in [5, 5.41) is 0. The Balaban J connectivity index is 2.44. The quantitative estimate of drug-likeness (QED) is 0.614. The minimum Gasteiger partial charge on any atom is -0.212 e. The Bertz CT molecular complexity index is 446. The van der Waals surface area contributed by atoms with Crippen LogP contribution >= 0.6 is 11.6 Å². The minimum absolute atomic E-state index is 0.144. The lowest BCUT2D eigenvalue weighted by Crippen LogP contribution is -2.26. The van der Waals surface area contributed by atoms with E-state index in [-0.39, 0.29) is 5.75 Å². The van der Waals surface area contributed by atoms with Crippen LogP contribution in [0.4, 0.5) is 0 Å². The summed E-state index contributed by atoms with van der Waals surface area (Å²) in [4.78, 5) is 0. The summed E-state index contributed by atoms with van der Waals surface area (Å²) in [6.45, 7) is 2.34. The van der Waals surface area contributed by atoms with Gasteiger partial charge < -0.3 is 0 Å². The number of halogens is 1. The summed E-state index contributed by atoms with van der Waals surface area (Å²) in [5.41, 5.74) is 2.11. The van der Waals surface area contributed by atoms with Gasteiger partial charge in [-0.15, -0.1) is 11.6 Å². The van der Waals surface area contributed by atoms with Gasteiger partial charge in [-0.05, 0) is 25.3 Å². The van der Waals surface area contributed by atoms with Crippen LogP contribution in [-0.2, 0) is 16.6 Å². The predicted molar refractivity (Wildman–Crippen MR) is 71.8 cm³/mol. The molecule has 1 aromatic carbocycles. The average Bonchev–Trinajstić information content (AvgIpc) is 2.27. The molecule has 0 unspecified atom stereocenters. The van der Waals surface area contributed by atoms with E-state index in [0.717, 1.165) is 17.5 Å². The smallest absolute Gasteiger partial charge is 0.211 e. The third kappa shape index (κ3) is 6.05. The van der Waals surface area contributed by atoms with E-state index in [4.69, 9.17) is 11.6 Å². The van der Waals surface area contributed by atoms with Crippen molar-refractivity contribution in [1.29, 1.82) is 0 Å². The molecule has 0 spiro atoms. The Morgan fingerprint density at radius 2 is 2.06 bits per heavy atom. The van der Waals surface area contributed by atoms with Crippen LogP contribution in [0.1, 0.15) is 24.0 Å². The molecule has 0 saturated carbocycles. The van der Waals surface area contributed by atoms with Crippen LogP contribution in [0.2, 0.25) is 0 Å². The predicted octanol–water partition coefficient (Wildman–Crippen LogP) is 2.43. The van der Waals surface area contributed by atoms with Gasteiger partial charge in [0, 0.05) is 12.4 Å². The fourth-order valence-electron chi connectivity index (χ4n) is 1.47. The molecule has 0 aliphatic carbocycles. The van der Waals surface area contributed by atoms with E-state index in [0.29, 0.717) is 18.8 Å². The van der Waals surface area contributed by atoms with Gasteiger partial charge >= 0.3 is 0 Å². The highest BCUT2D eigenvalue weighted by Crippen LogP contribution is 2.04. The van der Waals surface area contributed by atoms with E-state index in [1.54, 1.807) is 0 Å². The molecule has 0 radical (unpaired) electrons. The average molecular weight is 276 g/mol. The first-order valence-corrected chi connectivity index (χ1v) is 7.81. The zero-order chi connectivity index (χ0) is 12.7. The number of nitrogens with one attached hydrogen (secondary N) is 1. The molecule has 0 bridgehead atoms. The first-order chi connectivity index (χ1) is 8.03. The highest BCUT2D eigenvalue weighted by molar-refractivity contribution is 7.89. The molecule has 0 heterocycles. The molecule has 0 aliphatic rings. The van der Waals surface area contributed by atoms with Crippen molar-refractivity contribution in [2.75, 3.05) is 11.6 Å². The fourth-order valence-corrected chi connectivity index (χ4v) is 2.78. The van der Waals surface area contributed by atoms with Crippen LogP contribution in [0, 0.1) is 6.92 Å². The molecular weight excluding hydrogens is 258 g/mol. The van der Waals surface area contributed by atoms with E-state index in [1.165, 1.54) is 0 Å². The van der Waals surface area contributed by atoms with Gasteiger partial charge in [0.2, 0.25) is 10.0 Å². The molecular formula is C12H18ClNO2S. The van der Waals surface area contributed by atoms with E-state index in [1.807, 2.05) is 31.2 Å². The molecule has 3 nitrogen and oxygen atoms in total. The van der Waals surface area contributed by atoms with Crippen LogP contribution in [0.15, 0.2) is 24.3 Å². The summed E-state index contributed by atoms with van der Waals surface area (Å²) in [6.07, 6.45) is 1.33. The lowest BCUT2D eigenvalue weighted by Gasteiger charge is -2.06. The highest BCUT2D eigenvalue weighted by atomic mass is 35.5. The first-order valence-electron chi connectivity index (χ1n) is 5.62. The van der Waals surface area contributed by atoms with Crippen LogP contribution in [-0.4, -0.2) is 20.1 Å². The van der Waals surface area contributed by atoms with E-state index in [9.17, 15) is 8.42 Å². The number of sulfonamides is 1. The maximum atomic E-state index is 11.6. The van der Waals surface area contributed by atoms with Crippen molar-refractivity contribution in [3.8, 4) is 0 Å². The van der Waals surface area contributed by atoms with Gasteiger partial charge in [-0.2, -0.15) is 0 Å². The van der Waals surface area contributed by atoms with Crippen molar-refractivity contribution in [3.05, 3.63) is 35.4 Å². The topological polar surface area (TPSA) is 46.2 Å². The molecule has 0 fully saturated rings. The molecule has 1 N–H and O–H groups in total. The van der Waals surface area contributed by atoms with E-state index in [2.05, 4.69) is 4.72 Å². The molecule has 0 aliphatic heterocycles. The molecule has 0 atom stereocenters. The Morgan fingerprint density at radius 3 is 2.71 bits per heavy atom. The Kier molecular flexibility index (Phi) is 5.95. The van der Waals surface area contributed by atoms with E-state index < -0.39 is 10.0 Å². The van der Waals surface area contributed by atoms with Gasteiger partial charge in [-0.25, -0.2) is 13.1 Å². The van der Waals surface area contributed by atoms with Gasteiger partial charge in [0.15, 0.2) is 0 Å². The number of hydrogen-bond donors (Lipinski definition) is 1. The van der Waals surface area contributed by atoms with E-state index >= 15 is 0 Å². The van der Waals surface area contributed by atoms with Crippen LogP contribution < -0.4 is 4.72 Å². The fraction of sp³-hybridized carbons (Fsp3) is 0.500. The monoisotopic (exact) mass is 275 g/mol. The zero-order valence-corrected chi connectivity index (χ0v) is 11.5. The normalized spacial score (nSPS) is 11.6. The summed E-state index contributed by atoms with van der Waals surface area (Å²) in [5.74, 6) is 0.652. The Labute approximate surface area is 108 Å². The second-order valence-electron chi connectivity index (χ2n) is 4.03. The second kappa shape index (κ2) is 6.99.